The average Bonchev–Trinajstić information content (AvgIpc) is 3.04. The summed E-state index contributed by atoms with van der Waals surface area (Å²) >= 11 is 0. The molecule has 0 fully saturated rings. The minimum atomic E-state index is -3.08. The molecule has 2 aromatic rings. The minimum Gasteiger partial charge on any atom is -0.229 e. The molecule has 0 radical (unpaired) electrons. The normalized spacial score (nSPS) is 17.4. The molecule has 39 heavy (non-hydrogen) atoms. The molecule has 208 valence electrons. The zero-order chi connectivity index (χ0) is 28.7. The lowest BCUT2D eigenvalue weighted by Crippen LogP contribution is -2.22. The number of sulfone groups is 1. The highest BCUT2D eigenvalue weighted by molar-refractivity contribution is 7.91. The van der Waals surface area contributed by atoms with Gasteiger partial charge in [-0.15, -0.1) is 0 Å². The van der Waals surface area contributed by atoms with Crippen molar-refractivity contribution in [3.8, 4) is 6.07 Å². The molecule has 0 heterocycles. The van der Waals surface area contributed by atoms with E-state index in [1.165, 1.54) is 45.2 Å². The van der Waals surface area contributed by atoms with Crippen LogP contribution >= 0.6 is 0 Å². The first-order valence-electron chi connectivity index (χ1n) is 14.4. The van der Waals surface area contributed by atoms with Crippen molar-refractivity contribution in [3.05, 3.63) is 99.2 Å². The molecule has 3 unspecified atom stereocenters. The van der Waals surface area contributed by atoms with E-state index in [1.807, 2.05) is 13.0 Å². The van der Waals surface area contributed by atoms with E-state index < -0.39 is 9.84 Å². The number of allylic oxidation sites excluding steroid dienone is 6. The van der Waals surface area contributed by atoms with Crippen LogP contribution in [0.5, 0.6) is 0 Å². The van der Waals surface area contributed by atoms with Gasteiger partial charge in [-0.25, -0.2) is 8.42 Å². The van der Waals surface area contributed by atoms with Crippen LogP contribution in [0.4, 0.5) is 0 Å². The van der Waals surface area contributed by atoms with E-state index in [4.69, 9.17) is 0 Å². The van der Waals surface area contributed by atoms with Crippen LogP contribution in [0, 0.1) is 24.2 Å². The van der Waals surface area contributed by atoms with Crippen molar-refractivity contribution in [3.63, 3.8) is 0 Å². The first-order valence-corrected chi connectivity index (χ1v) is 16.3. The van der Waals surface area contributed by atoms with Crippen LogP contribution < -0.4 is 0 Å². The molecule has 0 bridgehead atoms. The van der Waals surface area contributed by atoms with Gasteiger partial charge in [0.05, 0.1) is 11.3 Å². The minimum absolute atomic E-state index is 0.131. The summed E-state index contributed by atoms with van der Waals surface area (Å²) in [7, 11) is -3.08. The molecule has 3 nitrogen and oxygen atoms in total. The lowest BCUT2D eigenvalue weighted by atomic mass is 9.85. The second-order valence-electron chi connectivity index (χ2n) is 11.4. The van der Waals surface area contributed by atoms with Gasteiger partial charge in [0.2, 0.25) is 0 Å². The molecular weight excluding hydrogens is 498 g/mol. The molecule has 0 aromatic heterocycles. The molecule has 0 aliphatic heterocycles. The van der Waals surface area contributed by atoms with Crippen molar-refractivity contribution < 1.29 is 8.42 Å². The van der Waals surface area contributed by atoms with Crippen molar-refractivity contribution in [2.24, 2.45) is 5.92 Å². The van der Waals surface area contributed by atoms with Crippen molar-refractivity contribution in [1.82, 2.24) is 0 Å². The van der Waals surface area contributed by atoms with Gasteiger partial charge >= 0.3 is 0 Å². The quantitative estimate of drug-likeness (QED) is 0.285. The summed E-state index contributed by atoms with van der Waals surface area (Å²) < 4.78 is 24.7. The number of rotatable bonds is 11. The molecule has 1 aliphatic carbocycles. The van der Waals surface area contributed by atoms with Crippen LogP contribution in [0.25, 0.3) is 5.57 Å². The predicted molar refractivity (Wildman–Crippen MR) is 166 cm³/mol. The Hall–Kier alpha value is -2.90. The van der Waals surface area contributed by atoms with Crippen molar-refractivity contribution in [2.75, 3.05) is 6.26 Å². The molecule has 4 heteroatoms. The summed E-state index contributed by atoms with van der Waals surface area (Å²) in [6.07, 6.45) is 12.9. The summed E-state index contributed by atoms with van der Waals surface area (Å²) in [6, 6.07) is 15.6. The van der Waals surface area contributed by atoms with E-state index in [0.29, 0.717) is 18.8 Å². The Labute approximate surface area is 237 Å². The molecule has 1 aliphatic rings. The summed E-state index contributed by atoms with van der Waals surface area (Å²) in [5.41, 5.74) is 10.8. The van der Waals surface area contributed by atoms with Gasteiger partial charge in [0, 0.05) is 17.7 Å². The van der Waals surface area contributed by atoms with Gasteiger partial charge in [0.25, 0.3) is 0 Å². The van der Waals surface area contributed by atoms with Crippen LogP contribution in [0.15, 0.2) is 65.8 Å². The second kappa shape index (κ2) is 13.4. The largest absolute Gasteiger partial charge is 0.229 e. The third kappa shape index (κ3) is 7.61. The lowest BCUT2D eigenvalue weighted by molar-refractivity contribution is 0.579. The van der Waals surface area contributed by atoms with Crippen molar-refractivity contribution in [1.29, 1.82) is 5.26 Å². The smallest absolute Gasteiger partial charge is 0.150 e. The highest BCUT2D eigenvalue weighted by Gasteiger charge is 2.22. The molecule has 3 rings (SSSR count). The molecular formula is C35H45NO2S. The molecule has 3 atom stereocenters. The Kier molecular flexibility index (Phi) is 10.6. The topological polar surface area (TPSA) is 57.9 Å². The van der Waals surface area contributed by atoms with Gasteiger partial charge in [-0.3, -0.25) is 0 Å². The fourth-order valence-corrected chi connectivity index (χ4v) is 6.76. The Morgan fingerprint density at radius 2 is 1.79 bits per heavy atom. The van der Waals surface area contributed by atoms with Crippen LogP contribution in [-0.2, 0) is 29.1 Å². The number of nitrogens with zero attached hydrogens (tertiary/aromatic N) is 1. The maximum absolute atomic E-state index is 12.3. The Bertz CT molecular complexity index is 1420. The maximum Gasteiger partial charge on any atom is 0.150 e. The molecule has 0 spiro atoms. The second-order valence-corrected chi connectivity index (χ2v) is 13.7. The van der Waals surface area contributed by atoms with E-state index in [0.717, 1.165) is 36.8 Å². The number of hydrogen-bond donors (Lipinski definition) is 0. The lowest BCUT2D eigenvalue weighted by Gasteiger charge is -2.22. The molecule has 0 N–H and O–H groups in total. The van der Waals surface area contributed by atoms with Gasteiger partial charge < -0.3 is 0 Å². The van der Waals surface area contributed by atoms with E-state index in [-0.39, 0.29) is 11.2 Å². The number of nitriles is 1. The summed E-state index contributed by atoms with van der Waals surface area (Å²) in [4.78, 5) is 0. The monoisotopic (exact) mass is 543 g/mol. The highest BCUT2D eigenvalue weighted by atomic mass is 32.2. The van der Waals surface area contributed by atoms with Gasteiger partial charge in [0.15, 0.2) is 9.84 Å². The summed E-state index contributed by atoms with van der Waals surface area (Å²) in [6.45, 7) is 12.8. The van der Waals surface area contributed by atoms with Gasteiger partial charge in [-0.05, 0) is 96.9 Å². The Morgan fingerprint density at radius 1 is 1.05 bits per heavy atom. The van der Waals surface area contributed by atoms with E-state index >= 15 is 0 Å². The van der Waals surface area contributed by atoms with E-state index in [1.54, 1.807) is 0 Å². The fraction of sp³-hybridized carbons (Fsp3) is 0.457. The third-order valence-electron chi connectivity index (χ3n) is 8.43. The standard InChI is InChI=1S/C35H45NO2S/c1-8-11-34-29(22-32(9-2)39(7,37)38)12-10-13-33(34)24(3)14-16-28-17-15-25(4)35(21-28)30-18-19-31(23-36)27(6)26(5)20-30/h10,12-13,15,17-21,24,27,32H,8-9,11,14,16,22H2,1-7H3. The molecule has 0 amide bonds. The van der Waals surface area contributed by atoms with Crippen LogP contribution in [-0.4, -0.2) is 19.9 Å². The molecule has 2 aromatic carbocycles. The van der Waals surface area contributed by atoms with Crippen molar-refractivity contribution in [2.45, 2.75) is 91.2 Å². The molecule has 0 saturated carbocycles. The Balaban J connectivity index is 1.86. The maximum atomic E-state index is 12.3. The highest BCUT2D eigenvalue weighted by Crippen LogP contribution is 2.32. The van der Waals surface area contributed by atoms with Crippen molar-refractivity contribution >= 4 is 15.4 Å². The van der Waals surface area contributed by atoms with Crippen LogP contribution in [0.1, 0.15) is 93.2 Å². The predicted octanol–water partition coefficient (Wildman–Crippen LogP) is 8.48. The van der Waals surface area contributed by atoms with Gasteiger partial charge in [0.1, 0.15) is 0 Å². The third-order valence-corrected chi connectivity index (χ3v) is 10.1. The number of hydrogen-bond acceptors (Lipinski definition) is 3. The average molecular weight is 544 g/mol. The van der Waals surface area contributed by atoms with E-state index in [9.17, 15) is 13.7 Å². The first-order chi connectivity index (χ1) is 18.5. The SMILES string of the molecule is CCCc1c(CC(CC)S(C)(=O)=O)cccc1C(C)CCc1ccc(C)c(C2=CC=C(C#N)C(C)C(C)=C2)c1. The van der Waals surface area contributed by atoms with Gasteiger partial charge in [-0.2, -0.15) is 5.26 Å². The summed E-state index contributed by atoms with van der Waals surface area (Å²) in [5, 5.41) is 9.20. The van der Waals surface area contributed by atoms with Crippen LogP contribution in [0.3, 0.4) is 0 Å². The number of benzene rings is 2. The van der Waals surface area contributed by atoms with Crippen LogP contribution in [0.2, 0.25) is 0 Å². The number of aryl methyl sites for hydroxylation is 2. The van der Waals surface area contributed by atoms with E-state index in [2.05, 4.69) is 89.2 Å². The first kappa shape index (κ1) is 30.6. The fourth-order valence-electron chi connectivity index (χ4n) is 5.67. The molecule has 0 saturated heterocycles. The Morgan fingerprint density at radius 3 is 2.44 bits per heavy atom. The van der Waals surface area contributed by atoms with Gasteiger partial charge in [-0.1, -0.05) is 88.2 Å². The zero-order valence-corrected chi connectivity index (χ0v) is 25.7. The zero-order valence-electron chi connectivity index (χ0n) is 24.8. The summed E-state index contributed by atoms with van der Waals surface area (Å²) in [5.74, 6) is 0.502.